The lowest BCUT2D eigenvalue weighted by atomic mass is 10.1. The molecule has 0 radical (unpaired) electrons. The minimum atomic E-state index is -0.588. The highest BCUT2D eigenvalue weighted by Gasteiger charge is 2.14. The first kappa shape index (κ1) is 15.6. The van der Waals surface area contributed by atoms with Gasteiger partial charge in [-0.05, 0) is 31.9 Å². The average molecular weight is 280 g/mol. The Morgan fingerprint density at radius 1 is 1.35 bits per heavy atom. The number of aromatic hydroxyl groups is 2. The van der Waals surface area contributed by atoms with Crippen LogP contribution in [0.3, 0.4) is 0 Å². The van der Waals surface area contributed by atoms with Crippen molar-refractivity contribution in [3.8, 4) is 11.5 Å². The second-order valence-electron chi connectivity index (χ2n) is 4.44. The summed E-state index contributed by atoms with van der Waals surface area (Å²) in [5.74, 6) is -0.601. The van der Waals surface area contributed by atoms with Crippen molar-refractivity contribution in [1.29, 1.82) is 5.41 Å². The molecule has 2 amide bonds. The van der Waals surface area contributed by atoms with E-state index in [-0.39, 0.29) is 17.5 Å². The van der Waals surface area contributed by atoms with E-state index in [9.17, 15) is 15.0 Å². The monoisotopic (exact) mass is 280 g/mol. The second-order valence-corrected chi connectivity index (χ2v) is 4.44. The number of rotatable bonds is 3. The highest BCUT2D eigenvalue weighted by Crippen LogP contribution is 2.36. The van der Waals surface area contributed by atoms with Crippen LogP contribution in [0.5, 0.6) is 11.5 Å². The molecule has 0 aliphatic heterocycles. The van der Waals surface area contributed by atoms with Crippen LogP contribution in [0, 0.1) is 19.3 Å². The zero-order valence-corrected chi connectivity index (χ0v) is 11.8. The van der Waals surface area contributed by atoms with E-state index in [1.165, 1.54) is 6.07 Å². The number of phenols is 2. The average Bonchev–Trinajstić information content (AvgIpc) is 2.39. The Morgan fingerprint density at radius 2 is 2.00 bits per heavy atom. The molecule has 0 aliphatic rings. The van der Waals surface area contributed by atoms with Crippen LogP contribution >= 0.6 is 0 Å². The molecule has 0 atom stereocenters. The Kier molecular flexibility index (Phi) is 5.19. The summed E-state index contributed by atoms with van der Waals surface area (Å²) in [7, 11) is 0. The fourth-order valence-corrected chi connectivity index (χ4v) is 1.70. The number of anilines is 1. The van der Waals surface area contributed by atoms with Crippen LogP contribution in [0.1, 0.15) is 24.5 Å². The van der Waals surface area contributed by atoms with E-state index in [0.717, 1.165) is 6.42 Å². The molecule has 20 heavy (non-hydrogen) atoms. The van der Waals surface area contributed by atoms with Gasteiger partial charge in [0.2, 0.25) is 0 Å². The maximum absolute atomic E-state index is 11.7. The Balaban J connectivity index is 2.76. The number of amides is 2. The van der Waals surface area contributed by atoms with Crippen LogP contribution in [-0.2, 0) is 0 Å². The molecule has 0 unspecified atom stereocenters. The molecule has 6 N–H and O–H groups in total. The number of carbonyl (C=O) groups excluding carboxylic acids is 1. The number of phenolic OH excluding ortho intramolecular Hbond substituents is 2. The van der Waals surface area contributed by atoms with Crippen molar-refractivity contribution in [2.75, 3.05) is 11.9 Å². The first-order valence-electron chi connectivity index (χ1n) is 6.29. The maximum Gasteiger partial charge on any atom is 0.326 e. The molecule has 0 spiro atoms. The van der Waals surface area contributed by atoms with Crippen LogP contribution in [0.4, 0.5) is 10.5 Å². The summed E-state index contributed by atoms with van der Waals surface area (Å²) in [6, 6.07) is 0.772. The third-order valence-corrected chi connectivity index (χ3v) is 2.75. The fraction of sp³-hybridized carbons (Fsp3) is 0.385. The summed E-state index contributed by atoms with van der Waals surface area (Å²) in [5, 5.41) is 34.2. The molecule has 7 heteroatoms. The quantitative estimate of drug-likeness (QED) is 0.219. The minimum Gasteiger partial charge on any atom is -0.504 e. The molecule has 0 aliphatic carbocycles. The largest absolute Gasteiger partial charge is 0.504 e. The van der Waals surface area contributed by atoms with Crippen LogP contribution < -0.4 is 16.0 Å². The summed E-state index contributed by atoms with van der Waals surface area (Å²) in [6.45, 7) is 5.82. The Morgan fingerprint density at radius 3 is 2.60 bits per heavy atom. The number of nitrogens with one attached hydrogen (secondary N) is 4. The van der Waals surface area contributed by atoms with Gasteiger partial charge in [0.15, 0.2) is 17.5 Å². The Bertz CT molecular complexity index is 529. The van der Waals surface area contributed by atoms with Crippen molar-refractivity contribution >= 4 is 17.7 Å². The number of hydrogen-bond donors (Lipinski definition) is 6. The number of carbonyl (C=O) groups is 1. The lowest BCUT2D eigenvalue weighted by molar-refractivity contribution is 0.255. The first-order valence-corrected chi connectivity index (χ1v) is 6.29. The van der Waals surface area contributed by atoms with Crippen molar-refractivity contribution in [3.63, 3.8) is 0 Å². The molecule has 0 aromatic heterocycles. The van der Waals surface area contributed by atoms with Crippen LogP contribution in [-0.4, -0.2) is 28.7 Å². The topological polar surface area (TPSA) is 117 Å². The van der Waals surface area contributed by atoms with Crippen molar-refractivity contribution in [3.05, 3.63) is 17.2 Å². The number of urea groups is 1. The van der Waals surface area contributed by atoms with E-state index in [4.69, 9.17) is 5.41 Å². The van der Waals surface area contributed by atoms with Gasteiger partial charge in [-0.2, -0.15) is 0 Å². The summed E-state index contributed by atoms with van der Waals surface area (Å²) >= 11 is 0. The van der Waals surface area contributed by atoms with Gasteiger partial charge in [-0.3, -0.25) is 10.7 Å². The minimum absolute atomic E-state index is 0.0948. The molecule has 110 valence electrons. The van der Waals surface area contributed by atoms with Crippen molar-refractivity contribution in [1.82, 2.24) is 10.6 Å². The third-order valence-electron chi connectivity index (χ3n) is 2.75. The summed E-state index contributed by atoms with van der Waals surface area (Å²) in [4.78, 5) is 11.7. The van der Waals surface area contributed by atoms with E-state index in [2.05, 4.69) is 16.0 Å². The molecular weight excluding hydrogens is 260 g/mol. The first-order chi connectivity index (χ1) is 9.36. The fourth-order valence-electron chi connectivity index (χ4n) is 1.70. The lowest BCUT2D eigenvalue weighted by Gasteiger charge is -2.15. The third kappa shape index (κ3) is 3.78. The predicted octanol–water partition coefficient (Wildman–Crippen LogP) is 1.77. The molecule has 0 bridgehead atoms. The van der Waals surface area contributed by atoms with Crippen molar-refractivity contribution < 1.29 is 15.0 Å². The van der Waals surface area contributed by atoms with Gasteiger partial charge in [0, 0.05) is 12.1 Å². The number of benzene rings is 1. The molecule has 0 heterocycles. The second kappa shape index (κ2) is 6.65. The van der Waals surface area contributed by atoms with Crippen LogP contribution in [0.15, 0.2) is 6.07 Å². The zero-order valence-electron chi connectivity index (χ0n) is 11.8. The SMILES string of the molecule is CCCNC(=N)NC(=O)Nc1c(C)cc(O)c(O)c1C. The van der Waals surface area contributed by atoms with E-state index in [0.29, 0.717) is 23.4 Å². The van der Waals surface area contributed by atoms with E-state index < -0.39 is 6.03 Å². The smallest absolute Gasteiger partial charge is 0.326 e. The number of guanidine groups is 1. The number of hydrogen-bond acceptors (Lipinski definition) is 4. The standard InChI is InChI=1S/C13H20N4O3/c1-4-5-15-12(14)17-13(20)16-10-7(2)6-9(18)11(19)8(10)3/h6,18-19H,4-5H2,1-3H3,(H4,14,15,16,17,20). The summed E-state index contributed by atoms with van der Waals surface area (Å²) < 4.78 is 0. The van der Waals surface area contributed by atoms with Gasteiger partial charge >= 0.3 is 6.03 Å². The van der Waals surface area contributed by atoms with Crippen LogP contribution in [0.25, 0.3) is 0 Å². The van der Waals surface area contributed by atoms with Gasteiger partial charge in [-0.25, -0.2) is 4.79 Å². The molecule has 7 nitrogen and oxygen atoms in total. The summed E-state index contributed by atoms with van der Waals surface area (Å²) in [5.41, 5.74) is 1.38. The summed E-state index contributed by atoms with van der Waals surface area (Å²) in [6.07, 6.45) is 0.843. The van der Waals surface area contributed by atoms with Crippen LogP contribution in [0.2, 0.25) is 0 Å². The molecule has 0 saturated heterocycles. The predicted molar refractivity (Wildman–Crippen MR) is 77.4 cm³/mol. The highest BCUT2D eigenvalue weighted by molar-refractivity contribution is 6.02. The normalized spacial score (nSPS) is 9.95. The lowest BCUT2D eigenvalue weighted by Crippen LogP contribution is -2.42. The van der Waals surface area contributed by atoms with Crippen molar-refractivity contribution in [2.45, 2.75) is 27.2 Å². The highest BCUT2D eigenvalue weighted by atomic mass is 16.3. The molecular formula is C13H20N4O3. The van der Waals surface area contributed by atoms with Gasteiger partial charge < -0.3 is 20.8 Å². The molecule has 1 aromatic carbocycles. The maximum atomic E-state index is 11.7. The molecule has 1 aromatic rings. The van der Waals surface area contributed by atoms with Gasteiger partial charge in [0.25, 0.3) is 0 Å². The molecule has 1 rings (SSSR count). The van der Waals surface area contributed by atoms with Gasteiger partial charge in [0.05, 0.1) is 5.69 Å². The van der Waals surface area contributed by atoms with E-state index in [1.54, 1.807) is 13.8 Å². The molecule has 0 saturated carbocycles. The van der Waals surface area contributed by atoms with Gasteiger partial charge in [-0.15, -0.1) is 0 Å². The number of aryl methyl sites for hydroxylation is 1. The zero-order chi connectivity index (χ0) is 15.3. The van der Waals surface area contributed by atoms with E-state index in [1.807, 2.05) is 6.92 Å². The Labute approximate surface area is 117 Å². The molecule has 0 fully saturated rings. The van der Waals surface area contributed by atoms with Crippen molar-refractivity contribution in [2.24, 2.45) is 0 Å². The van der Waals surface area contributed by atoms with E-state index >= 15 is 0 Å². The van der Waals surface area contributed by atoms with Gasteiger partial charge in [0.1, 0.15) is 0 Å². The van der Waals surface area contributed by atoms with Gasteiger partial charge in [-0.1, -0.05) is 6.92 Å². The Hall–Kier alpha value is -2.44.